The fourth-order valence-corrected chi connectivity index (χ4v) is 1.86. The zero-order valence-corrected chi connectivity index (χ0v) is 12.1. The van der Waals surface area contributed by atoms with E-state index in [-0.39, 0.29) is 0 Å². The van der Waals surface area contributed by atoms with Gasteiger partial charge < -0.3 is 14.8 Å². The third-order valence-electron chi connectivity index (χ3n) is 2.73. The first-order valence-corrected chi connectivity index (χ1v) is 6.80. The first-order chi connectivity index (χ1) is 10.3. The Bertz CT molecular complexity index is 650. The zero-order chi connectivity index (χ0) is 15.1. The molecular formula is C16H17N3O2. The molecule has 0 aliphatic heterocycles. The van der Waals surface area contributed by atoms with Gasteiger partial charge in [-0.25, -0.2) is 4.98 Å². The van der Waals surface area contributed by atoms with Crippen molar-refractivity contribution in [2.75, 3.05) is 18.5 Å². The summed E-state index contributed by atoms with van der Waals surface area (Å²) in [4.78, 5) is 4.17. The van der Waals surface area contributed by atoms with Crippen molar-refractivity contribution in [3.05, 3.63) is 42.1 Å². The number of aromatic nitrogens is 1. The summed E-state index contributed by atoms with van der Waals surface area (Å²) in [7, 11) is 0. The van der Waals surface area contributed by atoms with E-state index in [0.717, 1.165) is 5.69 Å². The molecule has 1 aromatic carbocycles. The SMILES string of the molecule is CCOc1ccc(Nc2ncccc2C#N)cc1OCC. The van der Waals surface area contributed by atoms with Gasteiger partial charge in [0.05, 0.1) is 18.8 Å². The van der Waals surface area contributed by atoms with Crippen LogP contribution in [0.3, 0.4) is 0 Å². The third kappa shape index (κ3) is 3.63. The quantitative estimate of drug-likeness (QED) is 0.879. The van der Waals surface area contributed by atoms with Gasteiger partial charge in [0.25, 0.3) is 0 Å². The Morgan fingerprint density at radius 3 is 2.62 bits per heavy atom. The van der Waals surface area contributed by atoms with E-state index in [9.17, 15) is 0 Å². The number of benzene rings is 1. The minimum absolute atomic E-state index is 0.490. The number of hydrogen-bond acceptors (Lipinski definition) is 5. The fourth-order valence-electron chi connectivity index (χ4n) is 1.86. The van der Waals surface area contributed by atoms with Gasteiger partial charge in [0.1, 0.15) is 11.9 Å². The van der Waals surface area contributed by atoms with Gasteiger partial charge in [-0.05, 0) is 38.1 Å². The van der Waals surface area contributed by atoms with Crippen LogP contribution in [0.1, 0.15) is 19.4 Å². The van der Waals surface area contributed by atoms with Gasteiger partial charge in [-0.3, -0.25) is 0 Å². The van der Waals surface area contributed by atoms with Crippen molar-refractivity contribution in [1.82, 2.24) is 4.98 Å². The summed E-state index contributed by atoms with van der Waals surface area (Å²) >= 11 is 0. The number of pyridine rings is 1. The first kappa shape index (κ1) is 14.7. The molecule has 0 unspecified atom stereocenters. The summed E-state index contributed by atoms with van der Waals surface area (Å²) in [5.74, 6) is 1.89. The van der Waals surface area contributed by atoms with Crippen LogP contribution in [0.5, 0.6) is 11.5 Å². The van der Waals surface area contributed by atoms with Crippen molar-refractivity contribution < 1.29 is 9.47 Å². The molecular weight excluding hydrogens is 266 g/mol. The normalized spacial score (nSPS) is 9.76. The predicted molar refractivity (Wildman–Crippen MR) is 81.0 cm³/mol. The largest absolute Gasteiger partial charge is 0.490 e. The Labute approximate surface area is 124 Å². The number of rotatable bonds is 6. The lowest BCUT2D eigenvalue weighted by atomic mass is 10.2. The Kier molecular flexibility index (Phi) is 4.99. The summed E-state index contributed by atoms with van der Waals surface area (Å²) in [6.07, 6.45) is 1.64. The van der Waals surface area contributed by atoms with Crippen molar-refractivity contribution in [1.29, 1.82) is 5.26 Å². The van der Waals surface area contributed by atoms with Crippen molar-refractivity contribution in [2.24, 2.45) is 0 Å². The highest BCUT2D eigenvalue weighted by Crippen LogP contribution is 2.31. The maximum atomic E-state index is 9.07. The maximum Gasteiger partial charge on any atom is 0.163 e. The van der Waals surface area contributed by atoms with Crippen molar-refractivity contribution in [3.8, 4) is 17.6 Å². The maximum absolute atomic E-state index is 9.07. The zero-order valence-electron chi connectivity index (χ0n) is 12.1. The van der Waals surface area contributed by atoms with Gasteiger partial charge in [0.15, 0.2) is 11.5 Å². The van der Waals surface area contributed by atoms with E-state index >= 15 is 0 Å². The van der Waals surface area contributed by atoms with Gasteiger partial charge in [0.2, 0.25) is 0 Å². The van der Waals surface area contributed by atoms with E-state index in [1.165, 1.54) is 0 Å². The van der Waals surface area contributed by atoms with Crippen LogP contribution in [0.2, 0.25) is 0 Å². The van der Waals surface area contributed by atoms with Crippen molar-refractivity contribution >= 4 is 11.5 Å². The molecule has 0 aliphatic carbocycles. The van der Waals surface area contributed by atoms with Crippen LogP contribution in [0.15, 0.2) is 36.5 Å². The molecule has 108 valence electrons. The molecule has 0 bridgehead atoms. The number of nitrogens with one attached hydrogen (secondary N) is 1. The predicted octanol–water partition coefficient (Wildman–Crippen LogP) is 3.49. The van der Waals surface area contributed by atoms with Crippen molar-refractivity contribution in [2.45, 2.75) is 13.8 Å². The van der Waals surface area contributed by atoms with Gasteiger partial charge in [0, 0.05) is 18.0 Å². The van der Waals surface area contributed by atoms with E-state index in [2.05, 4.69) is 16.4 Å². The summed E-state index contributed by atoms with van der Waals surface area (Å²) in [6.45, 7) is 4.97. The smallest absolute Gasteiger partial charge is 0.163 e. The number of nitriles is 1. The molecule has 1 heterocycles. The van der Waals surface area contributed by atoms with E-state index in [0.29, 0.717) is 36.1 Å². The minimum atomic E-state index is 0.490. The second-order valence-corrected chi connectivity index (χ2v) is 4.16. The average Bonchev–Trinajstić information content (AvgIpc) is 2.51. The van der Waals surface area contributed by atoms with Crippen LogP contribution >= 0.6 is 0 Å². The summed E-state index contributed by atoms with van der Waals surface area (Å²) in [5, 5.41) is 12.2. The highest BCUT2D eigenvalue weighted by atomic mass is 16.5. The van der Waals surface area contributed by atoms with Crippen LogP contribution in [0, 0.1) is 11.3 Å². The topological polar surface area (TPSA) is 67.2 Å². The number of nitrogens with zero attached hydrogens (tertiary/aromatic N) is 2. The fraction of sp³-hybridized carbons (Fsp3) is 0.250. The molecule has 0 saturated heterocycles. The van der Waals surface area contributed by atoms with Crippen LogP contribution in [0.25, 0.3) is 0 Å². The van der Waals surface area contributed by atoms with E-state index in [1.807, 2.05) is 32.0 Å². The number of hydrogen-bond donors (Lipinski definition) is 1. The molecule has 5 heteroatoms. The average molecular weight is 283 g/mol. The van der Waals surface area contributed by atoms with Crippen molar-refractivity contribution in [3.63, 3.8) is 0 Å². The Hall–Kier alpha value is -2.74. The molecule has 0 aliphatic rings. The Balaban J connectivity index is 2.28. The lowest BCUT2D eigenvalue weighted by molar-refractivity contribution is 0.288. The summed E-state index contributed by atoms with van der Waals surface area (Å²) in [6, 6.07) is 11.1. The van der Waals surface area contributed by atoms with Gasteiger partial charge in [-0.15, -0.1) is 0 Å². The van der Waals surface area contributed by atoms with Crippen LogP contribution in [0.4, 0.5) is 11.5 Å². The minimum Gasteiger partial charge on any atom is -0.490 e. The molecule has 0 atom stereocenters. The molecule has 5 nitrogen and oxygen atoms in total. The van der Waals surface area contributed by atoms with E-state index < -0.39 is 0 Å². The summed E-state index contributed by atoms with van der Waals surface area (Å²) in [5.41, 5.74) is 1.28. The van der Waals surface area contributed by atoms with E-state index in [4.69, 9.17) is 14.7 Å². The molecule has 0 amide bonds. The molecule has 2 aromatic rings. The second-order valence-electron chi connectivity index (χ2n) is 4.16. The second kappa shape index (κ2) is 7.15. The molecule has 1 N–H and O–H groups in total. The summed E-state index contributed by atoms with van der Waals surface area (Å²) < 4.78 is 11.1. The Morgan fingerprint density at radius 1 is 1.14 bits per heavy atom. The molecule has 0 radical (unpaired) electrons. The van der Waals surface area contributed by atoms with Gasteiger partial charge in [-0.2, -0.15) is 5.26 Å². The monoisotopic (exact) mass is 283 g/mol. The standard InChI is InChI=1S/C16H17N3O2/c1-3-20-14-8-7-13(10-15(14)21-4-2)19-16-12(11-17)6-5-9-18-16/h5-10H,3-4H2,1-2H3,(H,18,19). The highest BCUT2D eigenvalue weighted by Gasteiger charge is 2.08. The molecule has 21 heavy (non-hydrogen) atoms. The lowest BCUT2D eigenvalue weighted by Gasteiger charge is -2.13. The van der Waals surface area contributed by atoms with E-state index in [1.54, 1.807) is 18.3 Å². The molecule has 1 aromatic heterocycles. The first-order valence-electron chi connectivity index (χ1n) is 6.80. The Morgan fingerprint density at radius 2 is 1.90 bits per heavy atom. The number of ether oxygens (including phenoxy) is 2. The van der Waals surface area contributed by atoms with Crippen LogP contribution < -0.4 is 14.8 Å². The molecule has 2 rings (SSSR count). The molecule has 0 fully saturated rings. The van der Waals surface area contributed by atoms with Crippen LogP contribution in [-0.4, -0.2) is 18.2 Å². The lowest BCUT2D eigenvalue weighted by Crippen LogP contribution is -2.01. The third-order valence-corrected chi connectivity index (χ3v) is 2.73. The van der Waals surface area contributed by atoms with Gasteiger partial charge >= 0.3 is 0 Å². The molecule has 0 spiro atoms. The van der Waals surface area contributed by atoms with Crippen LogP contribution in [-0.2, 0) is 0 Å². The molecule has 0 saturated carbocycles. The number of anilines is 2. The van der Waals surface area contributed by atoms with Gasteiger partial charge in [-0.1, -0.05) is 0 Å². The highest BCUT2D eigenvalue weighted by molar-refractivity contribution is 5.65.